The van der Waals surface area contributed by atoms with E-state index in [9.17, 15) is 19.2 Å². The summed E-state index contributed by atoms with van der Waals surface area (Å²) < 4.78 is 25.8. The molecular formula is C20H35O9PS. The average molecular weight is 483 g/mol. The van der Waals surface area contributed by atoms with Crippen molar-refractivity contribution in [2.24, 2.45) is 0 Å². The number of ether oxygens (including phenoxy) is 5. The summed E-state index contributed by atoms with van der Waals surface area (Å²) in [5, 5.41) is 0. The summed E-state index contributed by atoms with van der Waals surface area (Å²) in [6, 6.07) is 0. The van der Waals surface area contributed by atoms with Crippen LogP contribution in [0.1, 0.15) is 48.5 Å². The van der Waals surface area contributed by atoms with Crippen LogP contribution in [0.15, 0.2) is 0 Å². The first-order valence-corrected chi connectivity index (χ1v) is 12.6. The maximum atomic E-state index is 11.4. The molecule has 0 aromatic heterocycles. The Hall–Kier alpha value is -1.38. The van der Waals surface area contributed by atoms with Gasteiger partial charge in [-0.2, -0.15) is 0 Å². The van der Waals surface area contributed by atoms with Crippen molar-refractivity contribution in [1.29, 1.82) is 0 Å². The summed E-state index contributed by atoms with van der Waals surface area (Å²) in [6.45, 7) is 11.3. The Morgan fingerprint density at radius 3 is 1.52 bits per heavy atom. The Bertz CT molecular complexity index is 592. The van der Waals surface area contributed by atoms with Crippen molar-refractivity contribution in [3.05, 3.63) is 0 Å². The number of hydrogen-bond acceptors (Lipinski definition) is 10. The van der Waals surface area contributed by atoms with E-state index in [0.717, 1.165) is 20.8 Å². The largest absolute Gasteiger partial charge is 0.463 e. The van der Waals surface area contributed by atoms with Crippen LogP contribution in [0.5, 0.6) is 0 Å². The molecule has 180 valence electrons. The van der Waals surface area contributed by atoms with Crippen molar-refractivity contribution in [3.63, 3.8) is 0 Å². The molecule has 31 heavy (non-hydrogen) atoms. The topological polar surface area (TPSA) is 114 Å². The smallest absolute Gasteiger partial charge is 0.303 e. The monoisotopic (exact) mass is 482 g/mol. The van der Waals surface area contributed by atoms with Crippen molar-refractivity contribution in [3.8, 4) is 0 Å². The van der Waals surface area contributed by atoms with Crippen LogP contribution in [0.25, 0.3) is 0 Å². The zero-order valence-corrected chi connectivity index (χ0v) is 21.1. The molecule has 1 aliphatic rings. The van der Waals surface area contributed by atoms with Crippen LogP contribution in [0, 0.1) is 0 Å². The highest BCUT2D eigenvalue weighted by atomic mass is 32.1. The summed E-state index contributed by atoms with van der Waals surface area (Å²) in [6.07, 6.45) is -0.0952. The molecule has 0 aromatic carbocycles. The third-order valence-electron chi connectivity index (χ3n) is 4.31. The second-order valence-corrected chi connectivity index (χ2v) is 10.5. The SMILES string of the molecule is CC(=O)OCC1OC(S)C(OC(C)=O)C(OC(C)=O)C1OC(C)=O.CCP(CC)CC. The fraction of sp³-hybridized carbons (Fsp3) is 0.800. The van der Waals surface area contributed by atoms with Gasteiger partial charge < -0.3 is 23.7 Å². The third kappa shape index (κ3) is 11.7. The molecule has 1 heterocycles. The number of carbonyl (C=O) groups excluding carboxylic acids is 4. The number of carbonyl (C=O) groups is 4. The fourth-order valence-corrected chi connectivity index (χ4v) is 4.60. The van der Waals surface area contributed by atoms with Gasteiger partial charge in [-0.15, -0.1) is 20.6 Å². The highest BCUT2D eigenvalue weighted by molar-refractivity contribution is 7.80. The highest BCUT2D eigenvalue weighted by Gasteiger charge is 2.51. The Labute approximate surface area is 191 Å². The molecule has 5 atom stereocenters. The Morgan fingerprint density at radius 1 is 0.742 bits per heavy atom. The summed E-state index contributed by atoms with van der Waals surface area (Å²) in [5.41, 5.74) is -0.981. The normalized spacial score (nSPS) is 25.0. The molecule has 0 N–H and O–H groups in total. The second kappa shape index (κ2) is 15.4. The highest BCUT2D eigenvalue weighted by Crippen LogP contribution is 2.32. The molecule has 5 unspecified atom stereocenters. The molecule has 1 saturated heterocycles. The first-order valence-electron chi connectivity index (χ1n) is 10.2. The van der Waals surface area contributed by atoms with Crippen molar-refractivity contribution in [2.75, 3.05) is 25.1 Å². The Balaban J connectivity index is 0.00000110. The molecule has 9 nitrogen and oxygen atoms in total. The maximum absolute atomic E-state index is 11.4. The molecular weight excluding hydrogens is 447 g/mol. The lowest BCUT2D eigenvalue weighted by molar-refractivity contribution is -0.237. The van der Waals surface area contributed by atoms with E-state index in [2.05, 4.69) is 33.4 Å². The zero-order valence-electron chi connectivity index (χ0n) is 19.3. The lowest BCUT2D eigenvalue weighted by atomic mass is 9.99. The van der Waals surface area contributed by atoms with Crippen LogP contribution in [-0.4, -0.2) is 78.8 Å². The Morgan fingerprint density at radius 2 is 1.16 bits per heavy atom. The van der Waals surface area contributed by atoms with Crippen LogP contribution in [-0.2, 0) is 42.9 Å². The van der Waals surface area contributed by atoms with E-state index in [4.69, 9.17) is 23.7 Å². The van der Waals surface area contributed by atoms with Gasteiger partial charge in [0.1, 0.15) is 18.1 Å². The van der Waals surface area contributed by atoms with Crippen LogP contribution < -0.4 is 0 Å². The maximum Gasteiger partial charge on any atom is 0.303 e. The van der Waals surface area contributed by atoms with E-state index < -0.39 is 53.7 Å². The number of hydrogen-bond donors (Lipinski definition) is 1. The first-order chi connectivity index (χ1) is 14.5. The lowest BCUT2D eigenvalue weighted by Crippen LogP contribution is -2.61. The minimum absolute atomic E-state index is 0.255. The summed E-state index contributed by atoms with van der Waals surface area (Å²) in [5.74, 6) is -2.57. The number of rotatable bonds is 8. The van der Waals surface area contributed by atoms with E-state index in [-0.39, 0.29) is 6.61 Å². The van der Waals surface area contributed by atoms with E-state index >= 15 is 0 Å². The summed E-state index contributed by atoms with van der Waals surface area (Å²) in [7, 11) is 0.446. The minimum atomic E-state index is -1.16. The van der Waals surface area contributed by atoms with Crippen LogP contribution >= 0.6 is 20.6 Å². The predicted molar refractivity (Wildman–Crippen MR) is 119 cm³/mol. The molecule has 0 aromatic rings. The minimum Gasteiger partial charge on any atom is -0.463 e. The first kappa shape index (κ1) is 29.6. The molecule has 0 saturated carbocycles. The summed E-state index contributed by atoms with van der Waals surface area (Å²) >= 11 is 4.18. The molecule has 0 amide bonds. The van der Waals surface area contributed by atoms with Gasteiger partial charge in [0.05, 0.1) is 0 Å². The molecule has 0 radical (unpaired) electrons. The van der Waals surface area contributed by atoms with Gasteiger partial charge in [0.15, 0.2) is 18.3 Å². The standard InChI is InChI=1S/C14H20O9S.C6H15P/c1-6(15)19-5-10-11(20-7(2)16)12(21-8(3)17)13(14(24)23-10)22-9(4)18;1-4-7(5-2)6-3/h10-14,24H,5H2,1-4H3;4-6H2,1-3H3. The van der Waals surface area contributed by atoms with Gasteiger partial charge >= 0.3 is 23.9 Å². The molecule has 0 aliphatic carbocycles. The third-order valence-corrected chi connectivity index (χ3v) is 7.41. The summed E-state index contributed by atoms with van der Waals surface area (Å²) in [4.78, 5) is 45.1. The van der Waals surface area contributed by atoms with Crippen LogP contribution in [0.4, 0.5) is 0 Å². The van der Waals surface area contributed by atoms with Crippen molar-refractivity contribution in [1.82, 2.24) is 0 Å². The van der Waals surface area contributed by atoms with Gasteiger partial charge in [-0.3, -0.25) is 19.2 Å². The zero-order chi connectivity index (χ0) is 24.1. The van der Waals surface area contributed by atoms with Gasteiger partial charge in [-0.1, -0.05) is 20.8 Å². The predicted octanol–water partition coefficient (Wildman–Crippen LogP) is 2.53. The number of thiol groups is 1. The average Bonchev–Trinajstić information content (AvgIpc) is 2.66. The lowest BCUT2D eigenvalue weighted by Gasteiger charge is -2.42. The van der Waals surface area contributed by atoms with Crippen molar-refractivity contribution >= 4 is 44.4 Å². The quantitative estimate of drug-likeness (QED) is 0.241. The second-order valence-electron chi connectivity index (χ2n) is 6.71. The molecule has 1 aliphatic heterocycles. The molecule has 11 heteroatoms. The van der Waals surface area contributed by atoms with Crippen molar-refractivity contribution < 1.29 is 42.9 Å². The van der Waals surface area contributed by atoms with Gasteiger partial charge in [0.25, 0.3) is 0 Å². The van der Waals surface area contributed by atoms with E-state index in [1.54, 1.807) is 0 Å². The van der Waals surface area contributed by atoms with E-state index in [1.165, 1.54) is 25.4 Å². The number of esters is 4. The molecule has 0 bridgehead atoms. The van der Waals surface area contributed by atoms with Crippen molar-refractivity contribution in [2.45, 2.75) is 78.3 Å². The van der Waals surface area contributed by atoms with Crippen LogP contribution in [0.3, 0.4) is 0 Å². The molecule has 0 spiro atoms. The molecule has 1 fully saturated rings. The van der Waals surface area contributed by atoms with Gasteiger partial charge in [0.2, 0.25) is 0 Å². The molecule has 1 rings (SSSR count). The fourth-order valence-electron chi connectivity index (χ4n) is 2.88. The van der Waals surface area contributed by atoms with E-state index in [0.29, 0.717) is 7.92 Å². The van der Waals surface area contributed by atoms with E-state index in [1.807, 2.05) is 0 Å². The van der Waals surface area contributed by atoms with Gasteiger partial charge in [0, 0.05) is 27.7 Å². The van der Waals surface area contributed by atoms with Crippen LogP contribution in [0.2, 0.25) is 0 Å². The Kier molecular flexibility index (Phi) is 14.7. The van der Waals surface area contributed by atoms with Gasteiger partial charge in [-0.05, 0) is 18.5 Å². The van der Waals surface area contributed by atoms with Gasteiger partial charge in [-0.25, -0.2) is 0 Å².